The number of hydrogen-bond donors (Lipinski definition) is 0. The van der Waals surface area contributed by atoms with Crippen LogP contribution in [0.5, 0.6) is 0 Å². The minimum absolute atomic E-state index is 0.104. The van der Waals surface area contributed by atoms with E-state index in [1.54, 1.807) is 12.1 Å². The molecule has 1 aliphatic rings. The number of halogens is 1. The van der Waals surface area contributed by atoms with Gasteiger partial charge in [-0.2, -0.15) is 0 Å². The molecular weight excluding hydrogens is 327 g/mol. The van der Waals surface area contributed by atoms with Gasteiger partial charge >= 0.3 is 0 Å². The molecule has 1 aliphatic heterocycles. The van der Waals surface area contributed by atoms with Crippen molar-refractivity contribution in [2.75, 3.05) is 20.1 Å². The predicted molar refractivity (Wildman–Crippen MR) is 102 cm³/mol. The summed E-state index contributed by atoms with van der Waals surface area (Å²) < 4.78 is 13.9. The normalized spacial score (nSPS) is 18.4. The number of benzene rings is 1. The predicted octanol–water partition coefficient (Wildman–Crippen LogP) is 3.66. The maximum atomic E-state index is 13.9. The molecule has 140 valence electrons. The highest BCUT2D eigenvalue weighted by Crippen LogP contribution is 2.19. The molecule has 0 bridgehead atoms. The van der Waals surface area contributed by atoms with Crippen LogP contribution in [0.25, 0.3) is 0 Å². The first-order chi connectivity index (χ1) is 12.7. The third-order valence-corrected chi connectivity index (χ3v) is 5.12. The van der Waals surface area contributed by atoms with Crippen LogP contribution in [0.15, 0.2) is 36.7 Å². The van der Waals surface area contributed by atoms with Crippen LogP contribution in [0.3, 0.4) is 0 Å². The average molecular weight is 356 g/mol. The van der Waals surface area contributed by atoms with E-state index in [0.717, 1.165) is 55.8 Å². The van der Waals surface area contributed by atoms with Crippen molar-refractivity contribution in [1.29, 1.82) is 0 Å². The Kier molecular flexibility index (Phi) is 6.69. The van der Waals surface area contributed by atoms with E-state index in [1.165, 1.54) is 6.42 Å². The highest BCUT2D eigenvalue weighted by molar-refractivity contribution is 5.17. The molecule has 5 heteroatoms. The van der Waals surface area contributed by atoms with Crippen LogP contribution in [0.4, 0.5) is 4.39 Å². The van der Waals surface area contributed by atoms with Gasteiger partial charge in [-0.1, -0.05) is 25.1 Å². The fourth-order valence-corrected chi connectivity index (χ4v) is 3.63. The van der Waals surface area contributed by atoms with Gasteiger partial charge in [-0.05, 0) is 38.9 Å². The summed E-state index contributed by atoms with van der Waals surface area (Å²) in [4.78, 5) is 13.7. The molecule has 26 heavy (non-hydrogen) atoms. The molecule has 2 aromatic rings. The van der Waals surface area contributed by atoms with E-state index in [4.69, 9.17) is 0 Å². The molecule has 1 saturated heterocycles. The third kappa shape index (κ3) is 5.08. The van der Waals surface area contributed by atoms with Crippen LogP contribution in [0.2, 0.25) is 0 Å². The maximum Gasteiger partial charge on any atom is 0.128 e. The number of aryl methyl sites for hydroxylation is 1. The first-order valence-corrected chi connectivity index (χ1v) is 9.61. The molecule has 1 unspecified atom stereocenters. The first kappa shape index (κ1) is 18.9. The Morgan fingerprint density at radius 2 is 2.00 bits per heavy atom. The molecule has 1 aromatic carbocycles. The van der Waals surface area contributed by atoms with Crippen LogP contribution >= 0.6 is 0 Å². The fraction of sp³-hybridized carbons (Fsp3) is 0.524. The standard InChI is InChI=1S/C21H29FN4/c1-3-7-21-23-12-17(13-24-21)14-25(2)19-9-6-11-26(16-19)15-18-8-4-5-10-20(18)22/h4-5,8,10,12-13,19H,3,6-7,9,11,14-16H2,1-2H3. The summed E-state index contributed by atoms with van der Waals surface area (Å²) in [7, 11) is 2.16. The van der Waals surface area contributed by atoms with E-state index in [9.17, 15) is 4.39 Å². The minimum atomic E-state index is -0.104. The van der Waals surface area contributed by atoms with Crippen LogP contribution in [0, 0.1) is 5.82 Å². The van der Waals surface area contributed by atoms with Gasteiger partial charge in [0.25, 0.3) is 0 Å². The molecule has 4 nitrogen and oxygen atoms in total. The van der Waals surface area contributed by atoms with E-state index in [-0.39, 0.29) is 5.82 Å². The number of aromatic nitrogens is 2. The zero-order valence-corrected chi connectivity index (χ0v) is 15.9. The number of piperidine rings is 1. The highest BCUT2D eigenvalue weighted by atomic mass is 19.1. The van der Waals surface area contributed by atoms with Crippen molar-refractivity contribution in [3.8, 4) is 0 Å². The van der Waals surface area contributed by atoms with Crippen LogP contribution in [0.1, 0.15) is 43.1 Å². The molecule has 0 saturated carbocycles. The zero-order valence-electron chi connectivity index (χ0n) is 15.9. The second-order valence-electron chi connectivity index (χ2n) is 7.30. The highest BCUT2D eigenvalue weighted by Gasteiger charge is 2.24. The van der Waals surface area contributed by atoms with Crippen molar-refractivity contribution in [2.45, 2.75) is 51.7 Å². The van der Waals surface area contributed by atoms with Gasteiger partial charge in [-0.3, -0.25) is 9.80 Å². The van der Waals surface area contributed by atoms with Gasteiger partial charge in [0.1, 0.15) is 11.6 Å². The number of rotatable bonds is 7. The Hall–Kier alpha value is -1.85. The second-order valence-corrected chi connectivity index (χ2v) is 7.30. The number of nitrogens with zero attached hydrogens (tertiary/aromatic N) is 4. The summed E-state index contributed by atoms with van der Waals surface area (Å²) in [6.45, 7) is 5.69. The van der Waals surface area contributed by atoms with Gasteiger partial charge in [0.2, 0.25) is 0 Å². The summed E-state index contributed by atoms with van der Waals surface area (Å²) in [5, 5.41) is 0. The lowest BCUT2D eigenvalue weighted by molar-refractivity contribution is 0.106. The fourth-order valence-electron chi connectivity index (χ4n) is 3.63. The lowest BCUT2D eigenvalue weighted by atomic mass is 10.0. The van der Waals surface area contributed by atoms with E-state index >= 15 is 0 Å². The number of hydrogen-bond acceptors (Lipinski definition) is 4. The molecule has 1 atom stereocenters. The molecule has 1 fully saturated rings. The Morgan fingerprint density at radius 1 is 1.23 bits per heavy atom. The third-order valence-electron chi connectivity index (χ3n) is 5.12. The smallest absolute Gasteiger partial charge is 0.128 e. The summed E-state index contributed by atoms with van der Waals surface area (Å²) in [6, 6.07) is 7.57. The summed E-state index contributed by atoms with van der Waals surface area (Å²) in [6.07, 6.45) is 8.24. The first-order valence-electron chi connectivity index (χ1n) is 9.61. The molecule has 3 rings (SSSR count). The molecule has 0 amide bonds. The van der Waals surface area contributed by atoms with Gasteiger partial charge in [0.15, 0.2) is 0 Å². The van der Waals surface area contributed by atoms with E-state index in [2.05, 4.69) is 33.7 Å². The lowest BCUT2D eigenvalue weighted by Gasteiger charge is -2.37. The van der Waals surface area contributed by atoms with Gasteiger partial charge in [0.05, 0.1) is 0 Å². The van der Waals surface area contributed by atoms with Crippen LogP contribution < -0.4 is 0 Å². The van der Waals surface area contributed by atoms with E-state index in [1.807, 2.05) is 24.5 Å². The Morgan fingerprint density at radius 3 is 2.73 bits per heavy atom. The molecular formula is C21H29FN4. The van der Waals surface area contributed by atoms with Crippen molar-refractivity contribution < 1.29 is 4.39 Å². The molecule has 1 aromatic heterocycles. The second kappa shape index (κ2) is 9.19. The van der Waals surface area contributed by atoms with Gasteiger partial charge in [-0.15, -0.1) is 0 Å². The van der Waals surface area contributed by atoms with E-state index < -0.39 is 0 Å². The Balaban J connectivity index is 1.55. The lowest BCUT2D eigenvalue weighted by Crippen LogP contribution is -2.45. The van der Waals surface area contributed by atoms with Crippen LogP contribution in [-0.4, -0.2) is 45.9 Å². The van der Waals surface area contributed by atoms with Crippen molar-refractivity contribution >= 4 is 0 Å². The Labute approximate surface area is 156 Å². The molecule has 0 aliphatic carbocycles. The van der Waals surface area contributed by atoms with Gasteiger partial charge in [0, 0.05) is 55.6 Å². The SMILES string of the molecule is CCCc1ncc(CN(C)C2CCCN(Cc3ccccc3F)C2)cn1. The molecule has 0 spiro atoms. The Bertz CT molecular complexity index is 689. The summed E-state index contributed by atoms with van der Waals surface area (Å²) in [5.41, 5.74) is 1.94. The van der Waals surface area contributed by atoms with Crippen molar-refractivity contribution in [3.05, 3.63) is 59.4 Å². The monoisotopic (exact) mass is 356 g/mol. The quantitative estimate of drug-likeness (QED) is 0.758. The minimum Gasteiger partial charge on any atom is -0.298 e. The summed E-state index contributed by atoms with van der Waals surface area (Å²) in [5.74, 6) is 0.819. The zero-order chi connectivity index (χ0) is 18.4. The largest absolute Gasteiger partial charge is 0.298 e. The van der Waals surface area contributed by atoms with Gasteiger partial charge < -0.3 is 0 Å². The van der Waals surface area contributed by atoms with Crippen molar-refractivity contribution in [3.63, 3.8) is 0 Å². The van der Waals surface area contributed by atoms with Crippen molar-refractivity contribution in [2.24, 2.45) is 0 Å². The number of likely N-dealkylation sites (N-methyl/N-ethyl adjacent to an activating group) is 1. The molecule has 0 radical (unpaired) electrons. The molecule has 0 N–H and O–H groups in total. The van der Waals surface area contributed by atoms with Gasteiger partial charge in [-0.25, -0.2) is 14.4 Å². The van der Waals surface area contributed by atoms with Crippen LogP contribution in [-0.2, 0) is 19.5 Å². The summed E-state index contributed by atoms with van der Waals surface area (Å²) >= 11 is 0. The maximum absolute atomic E-state index is 13.9. The molecule has 2 heterocycles. The van der Waals surface area contributed by atoms with E-state index in [0.29, 0.717) is 12.6 Å². The average Bonchev–Trinajstić information content (AvgIpc) is 2.66. The topological polar surface area (TPSA) is 32.3 Å². The number of likely N-dealkylation sites (tertiary alicyclic amines) is 1. The van der Waals surface area contributed by atoms with Crippen molar-refractivity contribution in [1.82, 2.24) is 19.8 Å².